The minimum absolute atomic E-state index is 0.0833. The van der Waals surface area contributed by atoms with Gasteiger partial charge < -0.3 is 14.2 Å². The molecule has 6 heteroatoms. The highest BCUT2D eigenvalue weighted by Gasteiger charge is 2.19. The van der Waals surface area contributed by atoms with Gasteiger partial charge in [0, 0.05) is 19.3 Å². The van der Waals surface area contributed by atoms with Crippen LogP contribution >= 0.6 is 0 Å². The summed E-state index contributed by atoms with van der Waals surface area (Å²) in [7, 11) is 0. The summed E-state index contributed by atoms with van der Waals surface area (Å²) >= 11 is 0. The summed E-state index contributed by atoms with van der Waals surface area (Å²) in [6.07, 6.45) is 41.6. The molecule has 0 fully saturated rings. The van der Waals surface area contributed by atoms with E-state index in [1.165, 1.54) is 116 Å². The van der Waals surface area contributed by atoms with Crippen LogP contribution in [-0.4, -0.2) is 37.2 Å². The number of unbranched alkanes of at least 4 members (excludes halogenated alkanes) is 22. The molecule has 0 bridgehead atoms. The van der Waals surface area contributed by atoms with Crippen LogP contribution in [0.4, 0.5) is 0 Å². The molecule has 0 N–H and O–H groups in total. The van der Waals surface area contributed by atoms with Crippen LogP contribution in [0, 0.1) is 0 Å². The third-order valence-electron chi connectivity index (χ3n) is 8.90. The summed E-state index contributed by atoms with van der Waals surface area (Å²) in [5, 5.41) is 0. The smallest absolute Gasteiger partial charge is 0.306 e. The standard InChI is InChI=1S/C43H78O6/c1-4-7-9-11-13-15-17-19-21-23-25-27-29-31-33-36-41(44)47-38-40(49-43(46)35-6-3)39-48-42(45)37-34-32-30-28-26-24-22-20-18-16-14-12-10-8-5-2/h19-22,40H,4-18,23-39H2,1-3H3/b21-19-,22-20+. The second-order valence-electron chi connectivity index (χ2n) is 13.9. The van der Waals surface area contributed by atoms with E-state index in [9.17, 15) is 14.4 Å². The Morgan fingerprint density at radius 3 is 1.06 bits per heavy atom. The van der Waals surface area contributed by atoms with E-state index >= 15 is 0 Å². The summed E-state index contributed by atoms with van der Waals surface area (Å²) in [5.41, 5.74) is 0. The quantitative estimate of drug-likeness (QED) is 0.0279. The van der Waals surface area contributed by atoms with Crippen molar-refractivity contribution in [3.63, 3.8) is 0 Å². The Labute approximate surface area is 303 Å². The summed E-state index contributed by atoms with van der Waals surface area (Å²) in [4.78, 5) is 36.7. The van der Waals surface area contributed by atoms with Gasteiger partial charge in [-0.2, -0.15) is 0 Å². The van der Waals surface area contributed by atoms with Gasteiger partial charge in [-0.15, -0.1) is 0 Å². The number of allylic oxidation sites excluding steroid dienone is 4. The molecule has 0 aliphatic heterocycles. The minimum atomic E-state index is -0.768. The van der Waals surface area contributed by atoms with Crippen molar-refractivity contribution < 1.29 is 28.6 Å². The molecule has 0 spiro atoms. The van der Waals surface area contributed by atoms with Gasteiger partial charge in [-0.3, -0.25) is 14.4 Å². The van der Waals surface area contributed by atoms with E-state index in [2.05, 4.69) is 38.2 Å². The molecule has 286 valence electrons. The fourth-order valence-corrected chi connectivity index (χ4v) is 5.76. The Bertz CT molecular complexity index is 748. The molecule has 0 aromatic rings. The molecule has 0 aromatic carbocycles. The van der Waals surface area contributed by atoms with E-state index in [-0.39, 0.29) is 37.5 Å². The van der Waals surface area contributed by atoms with Crippen molar-refractivity contribution in [2.75, 3.05) is 13.2 Å². The van der Waals surface area contributed by atoms with Crippen molar-refractivity contribution in [3.8, 4) is 0 Å². The van der Waals surface area contributed by atoms with Crippen molar-refractivity contribution in [1.82, 2.24) is 0 Å². The van der Waals surface area contributed by atoms with E-state index in [1.54, 1.807) is 0 Å². The molecule has 0 aliphatic rings. The summed E-state index contributed by atoms with van der Waals surface area (Å²) in [6, 6.07) is 0. The third kappa shape index (κ3) is 37.0. The van der Waals surface area contributed by atoms with Crippen molar-refractivity contribution in [1.29, 1.82) is 0 Å². The first-order chi connectivity index (χ1) is 24.0. The number of hydrogen-bond donors (Lipinski definition) is 0. The van der Waals surface area contributed by atoms with Gasteiger partial charge in [0.2, 0.25) is 0 Å². The average Bonchev–Trinajstić information content (AvgIpc) is 3.09. The van der Waals surface area contributed by atoms with Crippen LogP contribution in [0.3, 0.4) is 0 Å². The monoisotopic (exact) mass is 691 g/mol. The maximum atomic E-state index is 12.3. The molecule has 1 unspecified atom stereocenters. The molecule has 6 nitrogen and oxygen atoms in total. The Kier molecular flexibility index (Phi) is 37.0. The highest BCUT2D eigenvalue weighted by Crippen LogP contribution is 2.13. The van der Waals surface area contributed by atoms with Crippen molar-refractivity contribution in [2.45, 2.75) is 219 Å². The zero-order chi connectivity index (χ0) is 35.9. The molecule has 0 heterocycles. The molecule has 0 aliphatic carbocycles. The van der Waals surface area contributed by atoms with Crippen molar-refractivity contribution in [2.24, 2.45) is 0 Å². The maximum absolute atomic E-state index is 12.3. The molecule has 0 saturated carbocycles. The lowest BCUT2D eigenvalue weighted by molar-refractivity contribution is -0.166. The lowest BCUT2D eigenvalue weighted by Gasteiger charge is -2.18. The van der Waals surface area contributed by atoms with Crippen LogP contribution in [-0.2, 0) is 28.6 Å². The highest BCUT2D eigenvalue weighted by molar-refractivity contribution is 5.71. The summed E-state index contributed by atoms with van der Waals surface area (Å²) in [6.45, 7) is 6.25. The normalized spacial score (nSPS) is 12.1. The first-order valence-corrected chi connectivity index (χ1v) is 20.8. The lowest BCUT2D eigenvalue weighted by Crippen LogP contribution is -2.30. The van der Waals surface area contributed by atoms with E-state index in [1.807, 2.05) is 6.92 Å². The fraction of sp³-hybridized carbons (Fsp3) is 0.837. The van der Waals surface area contributed by atoms with Crippen LogP contribution in [0.2, 0.25) is 0 Å². The van der Waals surface area contributed by atoms with Crippen molar-refractivity contribution in [3.05, 3.63) is 24.3 Å². The number of carbonyl (C=O) groups is 3. The minimum Gasteiger partial charge on any atom is -0.462 e. The SMILES string of the molecule is CCCCCCCC/C=C\CCCCCCCC(=O)OCC(COC(=O)CCCCCCC/C=C/CCCCCCCC)OC(=O)CCC. The van der Waals surface area contributed by atoms with Crippen LogP contribution in [0.5, 0.6) is 0 Å². The maximum Gasteiger partial charge on any atom is 0.306 e. The van der Waals surface area contributed by atoms with Gasteiger partial charge >= 0.3 is 17.9 Å². The Morgan fingerprint density at radius 1 is 0.388 bits per heavy atom. The number of esters is 3. The predicted octanol–water partition coefficient (Wildman–Crippen LogP) is 12.9. The van der Waals surface area contributed by atoms with Crippen molar-refractivity contribution >= 4 is 17.9 Å². The van der Waals surface area contributed by atoms with E-state index in [4.69, 9.17) is 14.2 Å². The predicted molar refractivity (Wildman–Crippen MR) is 206 cm³/mol. The summed E-state index contributed by atoms with van der Waals surface area (Å²) in [5.74, 6) is -0.961. The van der Waals surface area contributed by atoms with Gasteiger partial charge in [0.15, 0.2) is 6.10 Å². The van der Waals surface area contributed by atoms with Crippen LogP contribution in [0.15, 0.2) is 24.3 Å². The second kappa shape index (κ2) is 38.7. The number of ether oxygens (including phenoxy) is 3. The van der Waals surface area contributed by atoms with Gasteiger partial charge in [0.05, 0.1) is 0 Å². The molecule has 1 atom stereocenters. The first kappa shape index (κ1) is 46.9. The molecule has 0 radical (unpaired) electrons. The third-order valence-corrected chi connectivity index (χ3v) is 8.90. The van der Waals surface area contributed by atoms with Gasteiger partial charge in [-0.05, 0) is 70.6 Å². The molecule has 0 aromatic heterocycles. The Balaban J connectivity index is 3.94. The van der Waals surface area contributed by atoms with E-state index < -0.39 is 6.10 Å². The zero-order valence-electron chi connectivity index (χ0n) is 32.5. The fourth-order valence-electron chi connectivity index (χ4n) is 5.76. The molecule has 0 rings (SSSR count). The van der Waals surface area contributed by atoms with Gasteiger partial charge in [0.25, 0.3) is 0 Å². The first-order valence-electron chi connectivity index (χ1n) is 20.8. The molecule has 0 saturated heterocycles. The number of hydrogen-bond acceptors (Lipinski definition) is 6. The van der Waals surface area contributed by atoms with Crippen LogP contribution in [0.1, 0.15) is 213 Å². The zero-order valence-corrected chi connectivity index (χ0v) is 32.5. The highest BCUT2D eigenvalue weighted by atomic mass is 16.6. The van der Waals surface area contributed by atoms with E-state index in [0.29, 0.717) is 19.3 Å². The van der Waals surface area contributed by atoms with Crippen LogP contribution < -0.4 is 0 Å². The molecular formula is C43H78O6. The Hall–Kier alpha value is -2.11. The number of carbonyl (C=O) groups excluding carboxylic acids is 3. The average molecular weight is 691 g/mol. The molecule has 0 amide bonds. The molecular weight excluding hydrogens is 612 g/mol. The van der Waals surface area contributed by atoms with Gasteiger partial charge in [-0.25, -0.2) is 0 Å². The van der Waals surface area contributed by atoms with Gasteiger partial charge in [-0.1, -0.05) is 148 Å². The number of rotatable bonds is 37. The topological polar surface area (TPSA) is 78.9 Å². The van der Waals surface area contributed by atoms with Gasteiger partial charge in [0.1, 0.15) is 13.2 Å². The largest absolute Gasteiger partial charge is 0.462 e. The Morgan fingerprint density at radius 2 is 0.714 bits per heavy atom. The molecule has 49 heavy (non-hydrogen) atoms. The lowest BCUT2D eigenvalue weighted by atomic mass is 10.1. The van der Waals surface area contributed by atoms with E-state index in [0.717, 1.165) is 51.4 Å². The summed E-state index contributed by atoms with van der Waals surface area (Å²) < 4.78 is 16.3. The van der Waals surface area contributed by atoms with Crippen LogP contribution in [0.25, 0.3) is 0 Å². The second-order valence-corrected chi connectivity index (χ2v) is 13.9.